The van der Waals surface area contributed by atoms with Gasteiger partial charge in [0.1, 0.15) is 11.5 Å². The summed E-state index contributed by atoms with van der Waals surface area (Å²) < 4.78 is 21.5. The summed E-state index contributed by atoms with van der Waals surface area (Å²) in [5.41, 5.74) is 0.936. The molecule has 0 unspecified atom stereocenters. The van der Waals surface area contributed by atoms with E-state index in [4.69, 9.17) is 18.9 Å². The van der Waals surface area contributed by atoms with E-state index in [0.717, 1.165) is 27.8 Å². The zero-order valence-corrected chi connectivity index (χ0v) is 14.9. The van der Waals surface area contributed by atoms with Gasteiger partial charge < -0.3 is 24.3 Å². The largest absolute Gasteiger partial charge is 0.497 e. The van der Waals surface area contributed by atoms with Crippen LogP contribution in [0.1, 0.15) is 5.56 Å². The molecule has 0 atom stereocenters. The van der Waals surface area contributed by atoms with Crippen molar-refractivity contribution in [2.45, 2.75) is 6.54 Å². The molecule has 0 saturated carbocycles. The van der Waals surface area contributed by atoms with Crippen molar-refractivity contribution in [2.24, 2.45) is 0 Å². The molecule has 6 nitrogen and oxygen atoms in total. The van der Waals surface area contributed by atoms with Gasteiger partial charge in [-0.1, -0.05) is 18.2 Å². The number of methoxy groups -OCH3 is 1. The first kappa shape index (κ1) is 17.0. The highest BCUT2D eigenvalue weighted by Gasteiger charge is 2.13. The first-order valence-electron chi connectivity index (χ1n) is 8.57. The average molecular weight is 365 g/mol. The summed E-state index contributed by atoms with van der Waals surface area (Å²) in [6.45, 7) is 0.574. The molecule has 0 spiro atoms. The van der Waals surface area contributed by atoms with Crippen molar-refractivity contribution in [1.82, 2.24) is 5.32 Å². The Bertz CT molecular complexity index is 985. The van der Waals surface area contributed by atoms with Crippen LogP contribution < -0.4 is 24.3 Å². The van der Waals surface area contributed by atoms with E-state index < -0.39 is 0 Å². The van der Waals surface area contributed by atoms with Crippen molar-refractivity contribution in [3.8, 4) is 23.0 Å². The van der Waals surface area contributed by atoms with Crippen molar-refractivity contribution in [1.29, 1.82) is 0 Å². The molecule has 1 aliphatic heterocycles. The second-order valence-electron chi connectivity index (χ2n) is 6.13. The fourth-order valence-corrected chi connectivity index (χ4v) is 2.87. The smallest absolute Gasteiger partial charge is 0.258 e. The maximum atomic E-state index is 12.1. The van der Waals surface area contributed by atoms with Gasteiger partial charge in [0, 0.05) is 6.54 Å². The Morgan fingerprint density at radius 2 is 1.74 bits per heavy atom. The summed E-state index contributed by atoms with van der Waals surface area (Å²) >= 11 is 0. The second-order valence-corrected chi connectivity index (χ2v) is 6.13. The number of carbonyl (C=O) groups excluding carboxylic acids is 1. The summed E-state index contributed by atoms with van der Waals surface area (Å²) in [6.07, 6.45) is 0. The number of rotatable bonds is 6. The third-order valence-electron chi connectivity index (χ3n) is 4.32. The predicted octanol–water partition coefficient (Wildman–Crippen LogP) is 3.27. The molecular weight excluding hydrogens is 346 g/mol. The van der Waals surface area contributed by atoms with Crippen LogP contribution in [0.3, 0.4) is 0 Å². The van der Waals surface area contributed by atoms with E-state index in [2.05, 4.69) is 5.32 Å². The number of nitrogens with one attached hydrogen (secondary N) is 1. The summed E-state index contributed by atoms with van der Waals surface area (Å²) in [6, 6.07) is 17.1. The number of ether oxygens (including phenoxy) is 4. The number of benzene rings is 3. The maximum absolute atomic E-state index is 12.1. The number of carbonyl (C=O) groups is 1. The van der Waals surface area contributed by atoms with Gasteiger partial charge in [-0.2, -0.15) is 0 Å². The molecule has 0 aromatic heterocycles. The van der Waals surface area contributed by atoms with Crippen LogP contribution in [-0.4, -0.2) is 26.4 Å². The molecule has 0 bridgehead atoms. The minimum absolute atomic E-state index is 0.0555. The van der Waals surface area contributed by atoms with Crippen LogP contribution in [0.15, 0.2) is 54.6 Å². The van der Waals surface area contributed by atoms with Gasteiger partial charge in [0.05, 0.1) is 7.11 Å². The molecule has 4 rings (SSSR count). The van der Waals surface area contributed by atoms with Crippen molar-refractivity contribution in [3.05, 3.63) is 60.2 Å². The standard InChI is InChI=1S/C21H19NO5/c1-24-17-5-3-15-4-6-18(10-16(15)9-17)25-12-21(23)22-11-14-2-7-19-20(8-14)27-13-26-19/h2-10H,11-13H2,1H3,(H,22,23). The average Bonchev–Trinajstić information content (AvgIpc) is 3.18. The minimum atomic E-state index is -0.196. The molecule has 1 aliphatic rings. The normalized spacial score (nSPS) is 12.0. The highest BCUT2D eigenvalue weighted by Crippen LogP contribution is 2.32. The highest BCUT2D eigenvalue weighted by atomic mass is 16.7. The molecule has 0 radical (unpaired) electrons. The summed E-state index contributed by atoms with van der Waals surface area (Å²) in [7, 11) is 1.63. The zero-order chi connectivity index (χ0) is 18.6. The minimum Gasteiger partial charge on any atom is -0.497 e. The lowest BCUT2D eigenvalue weighted by Crippen LogP contribution is -2.28. The van der Waals surface area contributed by atoms with E-state index >= 15 is 0 Å². The molecule has 0 saturated heterocycles. The Morgan fingerprint density at radius 1 is 0.963 bits per heavy atom. The molecule has 27 heavy (non-hydrogen) atoms. The number of hydrogen-bond donors (Lipinski definition) is 1. The predicted molar refractivity (Wildman–Crippen MR) is 100 cm³/mol. The van der Waals surface area contributed by atoms with E-state index in [-0.39, 0.29) is 19.3 Å². The molecule has 6 heteroatoms. The lowest BCUT2D eigenvalue weighted by molar-refractivity contribution is -0.123. The molecule has 1 heterocycles. The molecule has 0 aliphatic carbocycles. The first-order valence-corrected chi connectivity index (χ1v) is 8.57. The number of hydrogen-bond acceptors (Lipinski definition) is 5. The van der Waals surface area contributed by atoms with Crippen LogP contribution in [0.2, 0.25) is 0 Å². The maximum Gasteiger partial charge on any atom is 0.258 e. The lowest BCUT2D eigenvalue weighted by atomic mass is 10.1. The molecule has 138 valence electrons. The topological polar surface area (TPSA) is 66.0 Å². The number of fused-ring (bicyclic) bond motifs is 2. The summed E-state index contributed by atoms with van der Waals surface area (Å²) in [5.74, 6) is 2.64. The fraction of sp³-hybridized carbons (Fsp3) is 0.190. The van der Waals surface area contributed by atoms with Gasteiger partial charge in [0.2, 0.25) is 6.79 Å². The molecule has 3 aromatic carbocycles. The molecule has 1 N–H and O–H groups in total. The summed E-state index contributed by atoms with van der Waals surface area (Å²) in [5, 5.41) is 4.91. The van der Waals surface area contributed by atoms with E-state index in [1.54, 1.807) is 7.11 Å². The van der Waals surface area contributed by atoms with Crippen LogP contribution in [-0.2, 0) is 11.3 Å². The van der Waals surface area contributed by atoms with Gasteiger partial charge in [-0.15, -0.1) is 0 Å². The van der Waals surface area contributed by atoms with E-state index in [1.807, 2.05) is 54.6 Å². The van der Waals surface area contributed by atoms with Crippen molar-refractivity contribution >= 4 is 16.7 Å². The Hall–Kier alpha value is -3.41. The molecule has 3 aromatic rings. The van der Waals surface area contributed by atoms with E-state index in [1.165, 1.54) is 0 Å². The lowest BCUT2D eigenvalue weighted by Gasteiger charge is -2.09. The van der Waals surface area contributed by atoms with Crippen LogP contribution in [0.4, 0.5) is 0 Å². The van der Waals surface area contributed by atoms with Gasteiger partial charge in [-0.25, -0.2) is 0 Å². The first-order chi connectivity index (χ1) is 13.2. The van der Waals surface area contributed by atoms with E-state index in [0.29, 0.717) is 18.0 Å². The fourth-order valence-electron chi connectivity index (χ4n) is 2.87. The van der Waals surface area contributed by atoms with Crippen molar-refractivity contribution < 1.29 is 23.7 Å². The Morgan fingerprint density at radius 3 is 2.59 bits per heavy atom. The molecule has 0 fully saturated rings. The zero-order valence-electron chi connectivity index (χ0n) is 14.9. The van der Waals surface area contributed by atoms with Gasteiger partial charge >= 0.3 is 0 Å². The second kappa shape index (κ2) is 7.45. The van der Waals surface area contributed by atoms with Crippen LogP contribution in [0.5, 0.6) is 23.0 Å². The van der Waals surface area contributed by atoms with Crippen molar-refractivity contribution in [2.75, 3.05) is 20.5 Å². The Labute approximate surface area is 156 Å². The van der Waals surface area contributed by atoms with Gasteiger partial charge in [-0.3, -0.25) is 4.79 Å². The van der Waals surface area contributed by atoms with Gasteiger partial charge in [0.25, 0.3) is 5.91 Å². The Balaban J connectivity index is 1.33. The highest BCUT2D eigenvalue weighted by molar-refractivity contribution is 5.85. The molecule has 1 amide bonds. The van der Waals surface area contributed by atoms with Crippen molar-refractivity contribution in [3.63, 3.8) is 0 Å². The third-order valence-corrected chi connectivity index (χ3v) is 4.32. The van der Waals surface area contributed by atoms with E-state index in [9.17, 15) is 4.79 Å². The summed E-state index contributed by atoms with van der Waals surface area (Å²) in [4.78, 5) is 12.1. The molecular formula is C21H19NO5. The van der Waals surface area contributed by atoms with Crippen LogP contribution >= 0.6 is 0 Å². The van der Waals surface area contributed by atoms with Gasteiger partial charge in [0.15, 0.2) is 18.1 Å². The van der Waals surface area contributed by atoms with Crippen LogP contribution in [0.25, 0.3) is 10.8 Å². The SMILES string of the molecule is COc1ccc2ccc(OCC(=O)NCc3ccc4c(c3)OCO4)cc2c1. The Kier molecular flexibility index (Phi) is 4.70. The van der Waals surface area contributed by atoms with Gasteiger partial charge in [-0.05, 0) is 52.7 Å². The number of amides is 1. The quantitative estimate of drug-likeness (QED) is 0.726. The monoisotopic (exact) mass is 365 g/mol. The van der Waals surface area contributed by atoms with Crippen LogP contribution in [0, 0.1) is 0 Å². The third kappa shape index (κ3) is 3.89.